The minimum absolute atomic E-state index is 0.715. The van der Waals surface area contributed by atoms with Crippen LogP contribution in [0.2, 0.25) is 0 Å². The van der Waals surface area contributed by atoms with E-state index < -0.39 is 0 Å². The van der Waals surface area contributed by atoms with Gasteiger partial charge in [-0.05, 0) is 39.1 Å². The summed E-state index contributed by atoms with van der Waals surface area (Å²) < 4.78 is 2.37. The molecule has 0 saturated heterocycles. The average molecular weight is 522 g/mol. The highest BCUT2D eigenvalue weighted by atomic mass is 15.1. The quantitative estimate of drug-likeness (QED) is 0.171. The molecule has 41 heavy (non-hydrogen) atoms. The van der Waals surface area contributed by atoms with E-state index in [1.165, 1.54) is 48.6 Å². The van der Waals surface area contributed by atoms with Gasteiger partial charge in [0, 0.05) is 33.4 Å². The largest absolute Gasteiger partial charge is 0.293 e. The van der Waals surface area contributed by atoms with Crippen LogP contribution in [0.15, 0.2) is 140 Å². The molecule has 0 amide bonds. The highest BCUT2D eigenvalue weighted by Crippen LogP contribution is 2.46. The first-order chi connectivity index (χ1) is 20.3. The normalized spacial score (nSPS) is 11.9. The van der Waals surface area contributed by atoms with Gasteiger partial charge in [0.15, 0.2) is 5.82 Å². The summed E-state index contributed by atoms with van der Waals surface area (Å²) in [5, 5.41) is 10.1. The van der Waals surface area contributed by atoms with Crippen molar-refractivity contribution in [1.82, 2.24) is 14.5 Å². The van der Waals surface area contributed by atoms with E-state index >= 15 is 0 Å². The van der Waals surface area contributed by atoms with Crippen LogP contribution in [-0.2, 0) is 0 Å². The van der Waals surface area contributed by atoms with Crippen molar-refractivity contribution in [3.63, 3.8) is 0 Å². The van der Waals surface area contributed by atoms with Gasteiger partial charge in [-0.25, -0.2) is 9.97 Å². The lowest BCUT2D eigenvalue weighted by atomic mass is 9.92. The highest BCUT2D eigenvalue weighted by Gasteiger charge is 2.23. The summed E-state index contributed by atoms with van der Waals surface area (Å²) >= 11 is 0. The molecule has 0 spiro atoms. The fourth-order valence-corrected chi connectivity index (χ4v) is 6.57. The van der Waals surface area contributed by atoms with Gasteiger partial charge in [-0.2, -0.15) is 0 Å². The molecule has 0 aliphatic heterocycles. The monoisotopic (exact) mass is 521 g/mol. The lowest BCUT2D eigenvalue weighted by molar-refractivity contribution is 1.05. The van der Waals surface area contributed by atoms with Gasteiger partial charge in [-0.15, -0.1) is 0 Å². The first-order valence-electron chi connectivity index (χ1n) is 13.9. The second kappa shape index (κ2) is 8.48. The van der Waals surface area contributed by atoms with Gasteiger partial charge in [0.1, 0.15) is 5.82 Å². The number of benzene rings is 7. The van der Waals surface area contributed by atoms with Gasteiger partial charge in [-0.3, -0.25) is 4.57 Å². The maximum absolute atomic E-state index is 5.26. The topological polar surface area (TPSA) is 30.7 Å². The molecule has 0 aliphatic rings. The molecule has 0 aliphatic carbocycles. The van der Waals surface area contributed by atoms with E-state index in [9.17, 15) is 0 Å². The van der Waals surface area contributed by atoms with E-state index in [0.29, 0.717) is 5.82 Å². The van der Waals surface area contributed by atoms with Gasteiger partial charge in [0.05, 0.1) is 16.7 Å². The third-order valence-electron chi connectivity index (χ3n) is 8.33. The Kier molecular flexibility index (Phi) is 4.61. The molecule has 3 nitrogen and oxygen atoms in total. The van der Waals surface area contributed by atoms with Crippen LogP contribution in [0.1, 0.15) is 0 Å². The van der Waals surface area contributed by atoms with Crippen LogP contribution in [0, 0.1) is 0 Å². The minimum Gasteiger partial charge on any atom is -0.293 e. The molecule has 0 N–H and O–H groups in total. The molecule has 190 valence electrons. The Bertz CT molecular complexity index is 2350. The summed E-state index contributed by atoms with van der Waals surface area (Å²) in [6, 6.07) is 49.3. The molecule has 7 aromatic carbocycles. The molecule has 0 bridgehead atoms. The van der Waals surface area contributed by atoms with Crippen molar-refractivity contribution in [2.45, 2.75) is 0 Å². The van der Waals surface area contributed by atoms with Crippen LogP contribution in [0.3, 0.4) is 0 Å². The van der Waals surface area contributed by atoms with Crippen molar-refractivity contribution < 1.29 is 0 Å². The number of fused-ring (bicyclic) bond motifs is 5. The first kappa shape index (κ1) is 22.3. The maximum atomic E-state index is 5.26. The Balaban J connectivity index is 1.51. The van der Waals surface area contributed by atoms with Crippen molar-refractivity contribution in [3.05, 3.63) is 140 Å². The van der Waals surface area contributed by atoms with E-state index in [0.717, 1.165) is 28.2 Å². The SMILES string of the molecule is c1ccc(-c2cc(-n3c4cccc5c6ccccc6c6cc7ccccc7c3c6c54)nc(-c3ccccc3)n2)cc1. The molecule has 9 rings (SSSR count). The van der Waals surface area contributed by atoms with Crippen molar-refractivity contribution in [1.29, 1.82) is 0 Å². The number of rotatable bonds is 3. The second-order valence-electron chi connectivity index (χ2n) is 10.6. The molecule has 0 unspecified atom stereocenters. The molecule has 0 atom stereocenters. The number of hydrogen-bond acceptors (Lipinski definition) is 2. The summed E-state index contributed by atoms with van der Waals surface area (Å²) in [5.74, 6) is 1.58. The van der Waals surface area contributed by atoms with Crippen LogP contribution in [0.5, 0.6) is 0 Å². The third kappa shape index (κ3) is 3.20. The Morgan fingerprint density at radius 3 is 1.85 bits per heavy atom. The zero-order valence-corrected chi connectivity index (χ0v) is 22.1. The summed E-state index contributed by atoms with van der Waals surface area (Å²) in [4.78, 5) is 10.3. The summed E-state index contributed by atoms with van der Waals surface area (Å²) in [6.07, 6.45) is 0. The standard InChI is InChI=1S/C38H23N3/c1-3-12-24(13-4-1)32-23-34(40-38(39-32)25-14-5-2-6-15-25)41-33-21-11-20-30-28-18-9-10-19-29(28)31-22-26-16-7-8-17-27(26)37(41)36(31)35(30)33/h1-23H. The zero-order chi connectivity index (χ0) is 26.9. The predicted molar refractivity (Wildman–Crippen MR) is 171 cm³/mol. The summed E-state index contributed by atoms with van der Waals surface area (Å²) in [6.45, 7) is 0. The van der Waals surface area contributed by atoms with Crippen LogP contribution < -0.4 is 0 Å². The molecular weight excluding hydrogens is 498 g/mol. The van der Waals surface area contributed by atoms with E-state index in [1.54, 1.807) is 0 Å². The van der Waals surface area contributed by atoms with Crippen LogP contribution in [-0.4, -0.2) is 14.5 Å². The molecule has 3 heteroatoms. The first-order valence-corrected chi connectivity index (χ1v) is 13.9. The molecule has 0 fully saturated rings. The van der Waals surface area contributed by atoms with Crippen molar-refractivity contribution in [2.24, 2.45) is 0 Å². The van der Waals surface area contributed by atoms with Gasteiger partial charge < -0.3 is 0 Å². The number of nitrogens with zero attached hydrogens (tertiary/aromatic N) is 3. The Labute approximate surface area is 236 Å². The smallest absolute Gasteiger partial charge is 0.162 e. The molecule has 2 aromatic heterocycles. The number of aromatic nitrogens is 3. The molecule has 9 aromatic rings. The van der Waals surface area contributed by atoms with Crippen molar-refractivity contribution >= 4 is 54.1 Å². The van der Waals surface area contributed by atoms with Crippen LogP contribution in [0.4, 0.5) is 0 Å². The molecule has 0 radical (unpaired) electrons. The predicted octanol–water partition coefficient (Wildman–Crippen LogP) is 9.81. The Hall–Kier alpha value is -5.54. The highest BCUT2D eigenvalue weighted by molar-refractivity contribution is 6.37. The molecule has 0 saturated carbocycles. The lowest BCUT2D eigenvalue weighted by Gasteiger charge is -2.13. The average Bonchev–Trinajstić information content (AvgIpc) is 3.41. The summed E-state index contributed by atoms with van der Waals surface area (Å²) in [5.41, 5.74) is 5.31. The maximum Gasteiger partial charge on any atom is 0.162 e. The van der Waals surface area contributed by atoms with Crippen molar-refractivity contribution in [3.8, 4) is 28.5 Å². The zero-order valence-electron chi connectivity index (χ0n) is 22.1. The Morgan fingerprint density at radius 1 is 0.439 bits per heavy atom. The molecular formula is C38H23N3. The van der Waals surface area contributed by atoms with E-state index in [2.05, 4.69) is 120 Å². The van der Waals surface area contributed by atoms with E-state index in [-0.39, 0.29) is 0 Å². The minimum atomic E-state index is 0.715. The van der Waals surface area contributed by atoms with Gasteiger partial charge in [0.25, 0.3) is 0 Å². The fraction of sp³-hybridized carbons (Fsp3) is 0. The number of hydrogen-bond donors (Lipinski definition) is 0. The van der Waals surface area contributed by atoms with Crippen molar-refractivity contribution in [2.75, 3.05) is 0 Å². The van der Waals surface area contributed by atoms with Crippen LogP contribution >= 0.6 is 0 Å². The van der Waals surface area contributed by atoms with E-state index in [4.69, 9.17) is 9.97 Å². The Morgan fingerprint density at radius 2 is 1.07 bits per heavy atom. The summed E-state index contributed by atoms with van der Waals surface area (Å²) in [7, 11) is 0. The van der Waals surface area contributed by atoms with Gasteiger partial charge in [0.2, 0.25) is 0 Å². The second-order valence-corrected chi connectivity index (χ2v) is 10.6. The lowest BCUT2D eigenvalue weighted by Crippen LogP contribution is -2.02. The van der Waals surface area contributed by atoms with Gasteiger partial charge >= 0.3 is 0 Å². The molecule has 2 heterocycles. The fourth-order valence-electron chi connectivity index (χ4n) is 6.57. The third-order valence-corrected chi connectivity index (χ3v) is 8.33. The van der Waals surface area contributed by atoms with Crippen LogP contribution in [0.25, 0.3) is 82.6 Å². The van der Waals surface area contributed by atoms with Gasteiger partial charge in [-0.1, -0.05) is 121 Å². The van der Waals surface area contributed by atoms with E-state index in [1.807, 2.05) is 24.3 Å².